The van der Waals surface area contributed by atoms with Crippen LogP contribution in [0.2, 0.25) is 0 Å². The van der Waals surface area contributed by atoms with E-state index in [9.17, 15) is 10.2 Å². The van der Waals surface area contributed by atoms with E-state index in [0.717, 1.165) is 37.7 Å². The van der Waals surface area contributed by atoms with Crippen molar-refractivity contribution in [1.29, 1.82) is 0 Å². The molecule has 0 bridgehead atoms. The second-order valence-corrected chi connectivity index (χ2v) is 8.11. The van der Waals surface area contributed by atoms with Crippen LogP contribution in [-0.2, 0) is 0 Å². The Morgan fingerprint density at radius 1 is 1.32 bits per heavy atom. The summed E-state index contributed by atoms with van der Waals surface area (Å²) in [6, 6.07) is 0. The highest BCUT2D eigenvalue weighted by atomic mass is 16.3. The lowest BCUT2D eigenvalue weighted by Gasteiger charge is -2.36. The molecule has 4 atom stereocenters. The van der Waals surface area contributed by atoms with Crippen LogP contribution < -0.4 is 0 Å². The Morgan fingerprint density at radius 3 is 2.68 bits per heavy atom. The van der Waals surface area contributed by atoms with E-state index in [0.29, 0.717) is 11.8 Å². The molecule has 22 heavy (non-hydrogen) atoms. The van der Waals surface area contributed by atoms with Crippen molar-refractivity contribution in [3.05, 3.63) is 34.6 Å². The van der Waals surface area contributed by atoms with E-state index in [1.165, 1.54) is 17.4 Å². The first kappa shape index (κ1) is 15.9. The number of allylic oxidation sites excluding steroid dienone is 4. The van der Waals surface area contributed by atoms with Crippen molar-refractivity contribution < 1.29 is 10.2 Å². The van der Waals surface area contributed by atoms with E-state index in [-0.39, 0.29) is 17.4 Å². The van der Waals surface area contributed by atoms with Crippen LogP contribution in [0, 0.1) is 23.2 Å². The Morgan fingerprint density at radius 2 is 2.05 bits per heavy atom. The molecule has 3 rings (SSSR count). The molecule has 0 aliphatic heterocycles. The summed E-state index contributed by atoms with van der Waals surface area (Å²) in [5.74, 6) is 1.22. The van der Waals surface area contributed by atoms with Crippen LogP contribution in [0.25, 0.3) is 0 Å². The Labute approximate surface area is 134 Å². The smallest absolute Gasteiger partial charge is 0.0826 e. The highest BCUT2D eigenvalue weighted by molar-refractivity contribution is 5.44. The lowest BCUT2D eigenvalue weighted by molar-refractivity contribution is 0.0865. The van der Waals surface area contributed by atoms with Crippen LogP contribution in [-0.4, -0.2) is 16.3 Å². The Hall–Kier alpha value is -1.02. The van der Waals surface area contributed by atoms with Crippen molar-refractivity contribution in [3.63, 3.8) is 0 Å². The summed E-state index contributed by atoms with van der Waals surface area (Å²) in [4.78, 5) is 0. The molecule has 0 radical (unpaired) electrons. The molecular weight excluding hydrogens is 272 g/mol. The summed E-state index contributed by atoms with van der Waals surface area (Å²) in [7, 11) is 0. The number of fused-ring (bicyclic) bond motifs is 2. The van der Waals surface area contributed by atoms with Gasteiger partial charge in [-0.15, -0.1) is 0 Å². The first-order valence-electron chi connectivity index (χ1n) is 8.84. The predicted molar refractivity (Wildman–Crippen MR) is 90.5 cm³/mol. The third kappa shape index (κ3) is 2.36. The van der Waals surface area contributed by atoms with E-state index in [1.807, 2.05) is 0 Å². The molecule has 0 aromatic heterocycles. The fraction of sp³-hybridized carbons (Fsp3) is 0.700. The van der Waals surface area contributed by atoms with Gasteiger partial charge in [-0.2, -0.15) is 0 Å². The van der Waals surface area contributed by atoms with Crippen LogP contribution in [0.15, 0.2) is 34.6 Å². The van der Waals surface area contributed by atoms with E-state index < -0.39 is 0 Å². The van der Waals surface area contributed by atoms with Gasteiger partial charge < -0.3 is 10.2 Å². The van der Waals surface area contributed by atoms with Crippen molar-refractivity contribution in [1.82, 2.24) is 0 Å². The molecule has 0 spiro atoms. The van der Waals surface area contributed by atoms with Crippen molar-refractivity contribution in [2.24, 2.45) is 23.2 Å². The van der Waals surface area contributed by atoms with Crippen molar-refractivity contribution in [2.45, 2.75) is 65.9 Å². The lowest BCUT2D eigenvalue weighted by Crippen LogP contribution is -2.31. The zero-order valence-electron chi connectivity index (χ0n) is 14.4. The minimum atomic E-state index is -0.270. The molecule has 0 unspecified atom stereocenters. The molecule has 3 aliphatic carbocycles. The minimum Gasteiger partial charge on any atom is -0.515 e. The fourth-order valence-corrected chi connectivity index (χ4v) is 4.96. The molecule has 2 nitrogen and oxygen atoms in total. The van der Waals surface area contributed by atoms with Crippen LogP contribution in [0.1, 0.15) is 59.8 Å². The van der Waals surface area contributed by atoms with Gasteiger partial charge in [0.1, 0.15) is 0 Å². The van der Waals surface area contributed by atoms with Crippen LogP contribution in [0.4, 0.5) is 0 Å². The number of hydrogen-bond donors (Lipinski definition) is 2. The maximum atomic E-state index is 10.8. The molecule has 3 aliphatic rings. The van der Waals surface area contributed by atoms with Gasteiger partial charge in [-0.25, -0.2) is 0 Å². The average molecular weight is 302 g/mol. The second-order valence-electron chi connectivity index (χ2n) is 8.11. The van der Waals surface area contributed by atoms with Gasteiger partial charge in [-0.1, -0.05) is 44.9 Å². The molecule has 1 fully saturated rings. The maximum Gasteiger partial charge on any atom is 0.0826 e. The molecule has 0 aromatic rings. The molecule has 2 heteroatoms. The molecular formula is C20H30O2. The van der Waals surface area contributed by atoms with Crippen molar-refractivity contribution in [2.75, 3.05) is 0 Å². The van der Waals surface area contributed by atoms with E-state index >= 15 is 0 Å². The first-order chi connectivity index (χ1) is 10.4. The van der Waals surface area contributed by atoms with Crippen LogP contribution >= 0.6 is 0 Å². The summed E-state index contributed by atoms with van der Waals surface area (Å²) in [5.41, 5.74) is 5.48. The summed E-state index contributed by atoms with van der Waals surface area (Å²) in [5, 5.41) is 20.4. The Kier molecular flexibility index (Phi) is 4.01. The SMILES string of the molecule is CC(C)C1=C2C[C@H](O)[C@H](C)[C@@H]3CCC(=C\O)/C3=C/[C@@]2(C)CC1. The van der Waals surface area contributed by atoms with Gasteiger partial charge in [0.05, 0.1) is 12.4 Å². The van der Waals surface area contributed by atoms with E-state index in [1.54, 1.807) is 5.57 Å². The molecule has 0 amide bonds. The molecule has 0 heterocycles. The monoisotopic (exact) mass is 302 g/mol. The minimum absolute atomic E-state index is 0.0624. The molecule has 0 saturated heterocycles. The molecule has 2 N–H and O–H groups in total. The Balaban J connectivity index is 2.14. The predicted octanol–water partition coefficient (Wildman–Crippen LogP) is 4.92. The van der Waals surface area contributed by atoms with Gasteiger partial charge in [0.2, 0.25) is 0 Å². The Bertz CT molecular complexity index is 552. The van der Waals surface area contributed by atoms with Crippen LogP contribution in [0.3, 0.4) is 0 Å². The quantitative estimate of drug-likeness (QED) is 0.533. The third-order valence-electron chi connectivity index (χ3n) is 6.47. The summed E-state index contributed by atoms with van der Waals surface area (Å²) < 4.78 is 0. The van der Waals surface area contributed by atoms with Crippen LogP contribution in [0.5, 0.6) is 0 Å². The van der Waals surface area contributed by atoms with Gasteiger partial charge in [-0.05, 0) is 61.0 Å². The summed E-state index contributed by atoms with van der Waals surface area (Å²) in [6.45, 7) is 9.05. The van der Waals surface area contributed by atoms with Gasteiger partial charge in [0, 0.05) is 5.41 Å². The van der Waals surface area contributed by atoms with E-state index in [2.05, 4.69) is 33.8 Å². The highest BCUT2D eigenvalue weighted by Gasteiger charge is 2.43. The fourth-order valence-electron chi connectivity index (χ4n) is 4.96. The normalized spacial score (nSPS) is 42.9. The van der Waals surface area contributed by atoms with Gasteiger partial charge in [-0.3, -0.25) is 0 Å². The summed E-state index contributed by atoms with van der Waals surface area (Å²) >= 11 is 0. The largest absolute Gasteiger partial charge is 0.515 e. The zero-order valence-corrected chi connectivity index (χ0v) is 14.4. The number of aliphatic hydroxyl groups excluding tert-OH is 2. The molecule has 122 valence electrons. The molecule has 0 aromatic carbocycles. The average Bonchev–Trinajstić information content (AvgIpc) is 2.99. The number of rotatable bonds is 1. The lowest BCUT2D eigenvalue weighted by atomic mass is 9.70. The standard InChI is InChI=1S/C20H30O2/c1-12(2)15-7-8-20(4)10-17-14(11-21)5-6-16(17)13(3)19(22)9-18(15)20/h10-13,16,19,21-22H,5-9H2,1-4H3/b14-11+,17-10-/t13-,16+,19+,20-/m1/s1. The highest BCUT2D eigenvalue weighted by Crippen LogP contribution is 2.54. The van der Waals surface area contributed by atoms with E-state index in [4.69, 9.17) is 0 Å². The topological polar surface area (TPSA) is 40.5 Å². The zero-order chi connectivity index (χ0) is 16.1. The van der Waals surface area contributed by atoms with Gasteiger partial charge in [0.25, 0.3) is 0 Å². The third-order valence-corrected chi connectivity index (χ3v) is 6.47. The summed E-state index contributed by atoms with van der Waals surface area (Å²) in [6.07, 6.45) is 8.59. The van der Waals surface area contributed by atoms with Crippen molar-refractivity contribution in [3.8, 4) is 0 Å². The van der Waals surface area contributed by atoms with Gasteiger partial charge >= 0.3 is 0 Å². The van der Waals surface area contributed by atoms with Crippen molar-refractivity contribution >= 4 is 0 Å². The maximum absolute atomic E-state index is 10.8. The van der Waals surface area contributed by atoms with Gasteiger partial charge in [0.15, 0.2) is 0 Å². The molecule has 1 saturated carbocycles. The number of hydrogen-bond acceptors (Lipinski definition) is 2. The first-order valence-corrected chi connectivity index (χ1v) is 8.84. The number of aliphatic hydroxyl groups is 2. The second kappa shape index (κ2) is 5.56.